The van der Waals surface area contributed by atoms with E-state index in [1.165, 1.54) is 0 Å². The highest BCUT2D eigenvalue weighted by molar-refractivity contribution is 6.09. The zero-order valence-corrected chi connectivity index (χ0v) is 29.4. The van der Waals surface area contributed by atoms with Crippen LogP contribution in [-0.2, 0) is 14.4 Å². The second kappa shape index (κ2) is 19.7. The van der Waals surface area contributed by atoms with E-state index in [9.17, 15) is 35.9 Å². The zero-order chi connectivity index (χ0) is 41.6. The van der Waals surface area contributed by atoms with Crippen molar-refractivity contribution in [3.63, 3.8) is 0 Å². The van der Waals surface area contributed by atoms with E-state index in [0.29, 0.717) is 52.3 Å². The summed E-state index contributed by atoms with van der Waals surface area (Å²) in [5, 5.41) is 29.4. The molecule has 0 spiro atoms. The summed E-state index contributed by atoms with van der Waals surface area (Å²) in [6, 6.07) is 25.5. The van der Waals surface area contributed by atoms with Gasteiger partial charge >= 0.3 is 24.3 Å². The van der Waals surface area contributed by atoms with Crippen LogP contribution >= 0.6 is 0 Å². The van der Waals surface area contributed by atoms with Gasteiger partial charge in [0.2, 0.25) is 5.91 Å². The normalized spacial score (nSPS) is 11.1. The van der Waals surface area contributed by atoms with Crippen molar-refractivity contribution in [2.45, 2.75) is 50.9 Å². The highest BCUT2D eigenvalue weighted by atomic mass is 19.4. The standard InChI is InChI=1S/C34H35N5O3.2C2HF3O2/c35-22-15-17-26-30(20-22)42-31-21-23(36)16-18-27(31)33(26)24-10-5-6-11-25(24)34(41)38-19-9-3-1-2-4-14-32(40)39-29-13-8-7-12-28(29)37;2*3-2(4,5)1(6)7/h5-8,10-13,15-18,20-21,35H,1-4,9,14,19,36-37H2,(H,38,41)(H,39,40);2*(H,6,7). The molecule has 1 aliphatic carbocycles. The third kappa shape index (κ3) is 13.1. The Kier molecular flexibility index (Phi) is 15.4. The van der Waals surface area contributed by atoms with Gasteiger partial charge in [-0.2, -0.15) is 26.3 Å². The van der Waals surface area contributed by atoms with Gasteiger partial charge in [0.05, 0.1) is 16.7 Å². The Morgan fingerprint density at radius 1 is 0.714 bits per heavy atom. The van der Waals surface area contributed by atoms with Gasteiger partial charge in [-0.15, -0.1) is 0 Å². The van der Waals surface area contributed by atoms with Gasteiger partial charge in [-0.3, -0.25) is 9.59 Å². The van der Waals surface area contributed by atoms with Crippen LogP contribution in [0.2, 0.25) is 0 Å². The molecule has 0 aromatic heterocycles. The average molecular weight is 790 g/mol. The van der Waals surface area contributed by atoms with Crippen LogP contribution in [0.1, 0.15) is 48.9 Å². The molecule has 9 N–H and O–H groups in total. The van der Waals surface area contributed by atoms with Crippen molar-refractivity contribution in [1.82, 2.24) is 5.32 Å². The van der Waals surface area contributed by atoms with E-state index in [1.54, 1.807) is 30.3 Å². The number of nitrogen functional groups attached to an aromatic ring is 2. The number of carboxylic acids is 2. The van der Waals surface area contributed by atoms with Gasteiger partial charge in [-0.05, 0) is 60.9 Å². The Morgan fingerprint density at radius 3 is 1.95 bits per heavy atom. The lowest BCUT2D eigenvalue weighted by molar-refractivity contribution is -0.193. The number of hydrogen-bond acceptors (Lipinski definition) is 8. The molecule has 0 saturated heterocycles. The van der Waals surface area contributed by atoms with Crippen molar-refractivity contribution in [2.75, 3.05) is 23.3 Å². The maximum absolute atomic E-state index is 13.4. The topological polar surface area (TPSA) is 222 Å². The molecule has 3 aromatic carbocycles. The number of alkyl halides is 6. The number of fused-ring (bicyclic) bond motifs is 2. The van der Waals surface area contributed by atoms with Crippen LogP contribution < -0.4 is 27.5 Å². The minimum Gasteiger partial charge on any atom is -0.475 e. The van der Waals surface area contributed by atoms with Crippen molar-refractivity contribution < 1.29 is 60.2 Å². The predicted molar refractivity (Wildman–Crippen MR) is 195 cm³/mol. The minimum absolute atomic E-state index is 0.0323. The first-order valence-electron chi connectivity index (χ1n) is 16.7. The number of carbonyl (C=O) groups is 4. The number of carbonyl (C=O) groups excluding carboxylic acids is 2. The number of amides is 2. The number of hydrogen-bond donors (Lipinski definition) is 7. The number of aliphatic carboxylic acids is 2. The number of halogens is 6. The van der Waals surface area contributed by atoms with E-state index in [1.807, 2.05) is 54.6 Å². The smallest absolute Gasteiger partial charge is 0.475 e. The lowest BCUT2D eigenvalue weighted by Crippen LogP contribution is -2.25. The largest absolute Gasteiger partial charge is 0.490 e. The Hall–Kier alpha value is -6.59. The van der Waals surface area contributed by atoms with Crippen molar-refractivity contribution in [3.05, 3.63) is 95.8 Å². The number of nitrogens with two attached hydrogens (primary N) is 2. The van der Waals surface area contributed by atoms with E-state index < -0.39 is 24.3 Å². The molecule has 0 unspecified atom stereocenters. The first-order chi connectivity index (χ1) is 26.3. The molecule has 18 heteroatoms. The lowest BCUT2D eigenvalue weighted by Gasteiger charge is -2.18. The molecular formula is C38H37F6N5O7. The first-order valence-corrected chi connectivity index (χ1v) is 16.7. The summed E-state index contributed by atoms with van der Waals surface area (Å²) in [5.41, 5.74) is 17.4. The minimum atomic E-state index is -5.08. The summed E-state index contributed by atoms with van der Waals surface area (Å²) in [6.45, 7) is 0.561. The van der Waals surface area contributed by atoms with Crippen LogP contribution in [0.15, 0.2) is 89.3 Å². The molecule has 1 aliphatic heterocycles. The Morgan fingerprint density at radius 2 is 1.30 bits per heavy atom. The van der Waals surface area contributed by atoms with Crippen LogP contribution in [-0.4, -0.2) is 52.9 Å². The fraction of sp³-hybridized carbons (Fsp3) is 0.237. The van der Waals surface area contributed by atoms with Crippen molar-refractivity contribution >= 4 is 51.8 Å². The van der Waals surface area contributed by atoms with Gasteiger partial charge < -0.3 is 42.1 Å². The van der Waals surface area contributed by atoms with Crippen LogP contribution in [0.4, 0.5) is 43.4 Å². The lowest BCUT2D eigenvalue weighted by atomic mass is 9.90. The number of anilines is 3. The number of para-hydroxylation sites is 2. The van der Waals surface area contributed by atoms with Gasteiger partial charge in [0.1, 0.15) is 11.3 Å². The Bertz CT molecular complexity index is 2160. The SMILES string of the molecule is N=c1ccc2c(-c3ccccc3C(=O)NCCCCCCCC(=O)Nc3ccccc3N)c3ccc(N)cc3oc-2c1.O=C(O)C(F)(F)F.O=C(O)C(F)(F)F. The summed E-state index contributed by atoms with van der Waals surface area (Å²) < 4.78 is 69.6. The van der Waals surface area contributed by atoms with Gasteiger partial charge in [-0.25, -0.2) is 9.59 Å². The molecule has 0 radical (unpaired) electrons. The van der Waals surface area contributed by atoms with E-state index in [-0.39, 0.29) is 11.8 Å². The number of unbranched alkanes of at least 4 members (excludes halogenated alkanes) is 4. The molecule has 56 heavy (non-hydrogen) atoms. The highest BCUT2D eigenvalue weighted by Gasteiger charge is 2.39. The monoisotopic (exact) mass is 789 g/mol. The Labute approximate surface area is 315 Å². The summed E-state index contributed by atoms with van der Waals surface area (Å²) in [6.07, 6.45) is -5.17. The summed E-state index contributed by atoms with van der Waals surface area (Å²) >= 11 is 0. The van der Waals surface area contributed by atoms with Crippen LogP contribution in [0.25, 0.3) is 33.4 Å². The number of nitrogens with one attached hydrogen (secondary N) is 3. The predicted octanol–water partition coefficient (Wildman–Crippen LogP) is 7.82. The molecule has 298 valence electrons. The number of rotatable bonds is 11. The van der Waals surface area contributed by atoms with Crippen LogP contribution in [0.3, 0.4) is 0 Å². The molecule has 0 atom stereocenters. The molecule has 0 fully saturated rings. The maximum atomic E-state index is 13.4. The van der Waals surface area contributed by atoms with E-state index >= 15 is 0 Å². The van der Waals surface area contributed by atoms with E-state index in [0.717, 1.165) is 54.2 Å². The molecule has 0 bridgehead atoms. The second-order valence-electron chi connectivity index (χ2n) is 12.0. The number of carboxylic acid groups (broad SMARTS) is 2. The molecule has 2 aliphatic rings. The first kappa shape index (κ1) is 43.8. The fourth-order valence-corrected chi connectivity index (χ4v) is 5.16. The van der Waals surface area contributed by atoms with Crippen molar-refractivity contribution in [2.24, 2.45) is 0 Å². The summed E-state index contributed by atoms with van der Waals surface area (Å²) in [5.74, 6) is -5.13. The van der Waals surface area contributed by atoms with E-state index in [4.69, 9.17) is 41.1 Å². The van der Waals surface area contributed by atoms with Crippen molar-refractivity contribution in [1.29, 1.82) is 5.41 Å². The van der Waals surface area contributed by atoms with Crippen molar-refractivity contribution in [3.8, 4) is 22.5 Å². The van der Waals surface area contributed by atoms with Gasteiger partial charge in [0, 0.05) is 52.9 Å². The maximum Gasteiger partial charge on any atom is 0.490 e. The van der Waals surface area contributed by atoms with E-state index in [2.05, 4.69) is 10.6 Å². The summed E-state index contributed by atoms with van der Waals surface area (Å²) in [4.78, 5) is 43.3. The summed E-state index contributed by atoms with van der Waals surface area (Å²) in [7, 11) is 0. The van der Waals surface area contributed by atoms with Crippen LogP contribution in [0.5, 0.6) is 0 Å². The Balaban J connectivity index is 0.000000512. The zero-order valence-electron chi connectivity index (χ0n) is 29.4. The van der Waals surface area contributed by atoms with Gasteiger partial charge in [0.25, 0.3) is 5.91 Å². The molecule has 3 aromatic rings. The molecule has 12 nitrogen and oxygen atoms in total. The molecule has 0 saturated carbocycles. The fourth-order valence-electron chi connectivity index (χ4n) is 5.16. The second-order valence-corrected chi connectivity index (χ2v) is 12.0. The molecular weight excluding hydrogens is 752 g/mol. The van der Waals surface area contributed by atoms with Gasteiger partial charge in [-0.1, -0.05) is 49.6 Å². The quantitative estimate of drug-likeness (QED) is 0.0299. The van der Waals surface area contributed by atoms with Crippen LogP contribution in [0, 0.1) is 5.41 Å². The average Bonchev–Trinajstić information content (AvgIpc) is 3.12. The molecule has 5 rings (SSSR count). The highest BCUT2D eigenvalue weighted by Crippen LogP contribution is 2.41. The number of benzene rings is 4. The third-order valence-corrected chi connectivity index (χ3v) is 7.77. The molecule has 2 amide bonds. The van der Waals surface area contributed by atoms with Gasteiger partial charge in [0.15, 0.2) is 0 Å². The third-order valence-electron chi connectivity index (χ3n) is 7.77. The molecule has 1 heterocycles.